The number of nitrogens with zero attached hydrogens (tertiary/aromatic N) is 3. The van der Waals surface area contributed by atoms with E-state index in [0.29, 0.717) is 17.7 Å². The van der Waals surface area contributed by atoms with Gasteiger partial charge >= 0.3 is 6.36 Å². The summed E-state index contributed by atoms with van der Waals surface area (Å²) in [7, 11) is 0. The van der Waals surface area contributed by atoms with Crippen molar-refractivity contribution in [3.63, 3.8) is 0 Å². The second-order valence-electron chi connectivity index (χ2n) is 8.18. The van der Waals surface area contributed by atoms with Crippen molar-refractivity contribution >= 4 is 23.3 Å². The minimum Gasteiger partial charge on any atom is -0.404 e. The first-order valence-corrected chi connectivity index (χ1v) is 10.7. The number of carbonyl (C=O) groups excluding carboxylic acids is 2. The van der Waals surface area contributed by atoms with Crippen LogP contribution in [0.4, 0.5) is 24.7 Å². The van der Waals surface area contributed by atoms with E-state index in [1.165, 1.54) is 12.3 Å². The summed E-state index contributed by atoms with van der Waals surface area (Å²) in [5, 5.41) is 2.59. The number of halogens is 3. The fourth-order valence-corrected chi connectivity index (χ4v) is 4.04. The largest absolute Gasteiger partial charge is 0.573 e. The van der Waals surface area contributed by atoms with Crippen LogP contribution >= 0.6 is 0 Å². The predicted molar refractivity (Wildman–Crippen MR) is 122 cm³/mol. The summed E-state index contributed by atoms with van der Waals surface area (Å²) >= 11 is 0. The Kier molecular flexibility index (Phi) is 6.59. The first-order valence-electron chi connectivity index (χ1n) is 10.7. The lowest BCUT2D eigenvalue weighted by atomic mass is 9.92. The summed E-state index contributed by atoms with van der Waals surface area (Å²) in [4.78, 5) is 34.3. The SMILES string of the molecule is Cc1ccc(C(=O)Nc2ccc(OC(F)(F)F)cn2)cc1[C@@H]1CCN(c2cncc(C(N)=O)c2)C1. The number of anilines is 2. The number of alkyl halides is 3. The molecule has 182 valence electrons. The van der Waals surface area contributed by atoms with E-state index in [1.54, 1.807) is 18.3 Å². The van der Waals surface area contributed by atoms with Gasteiger partial charge in [-0.15, -0.1) is 13.2 Å². The molecule has 1 saturated heterocycles. The van der Waals surface area contributed by atoms with E-state index in [1.807, 2.05) is 19.1 Å². The summed E-state index contributed by atoms with van der Waals surface area (Å²) in [5.74, 6) is -1.20. The van der Waals surface area contributed by atoms with Gasteiger partial charge in [0, 0.05) is 30.8 Å². The van der Waals surface area contributed by atoms with Gasteiger partial charge in [-0.2, -0.15) is 0 Å². The van der Waals surface area contributed by atoms with Crippen LogP contribution in [-0.4, -0.2) is 41.2 Å². The Morgan fingerprint density at radius 3 is 2.60 bits per heavy atom. The van der Waals surface area contributed by atoms with Gasteiger partial charge in [0.1, 0.15) is 11.6 Å². The van der Waals surface area contributed by atoms with Crippen molar-refractivity contribution in [2.45, 2.75) is 25.6 Å². The van der Waals surface area contributed by atoms with E-state index >= 15 is 0 Å². The summed E-state index contributed by atoms with van der Waals surface area (Å²) in [6.07, 6.45) is 0.0243. The molecule has 1 atom stereocenters. The lowest BCUT2D eigenvalue weighted by Gasteiger charge is -2.20. The summed E-state index contributed by atoms with van der Waals surface area (Å²) in [5.41, 5.74) is 8.95. The highest BCUT2D eigenvalue weighted by atomic mass is 19.4. The van der Waals surface area contributed by atoms with Crippen LogP contribution in [0.25, 0.3) is 0 Å². The fourth-order valence-electron chi connectivity index (χ4n) is 4.04. The van der Waals surface area contributed by atoms with E-state index in [4.69, 9.17) is 5.73 Å². The Morgan fingerprint density at radius 1 is 1.11 bits per heavy atom. The maximum Gasteiger partial charge on any atom is 0.573 e. The zero-order valence-electron chi connectivity index (χ0n) is 18.7. The van der Waals surface area contributed by atoms with Crippen LogP contribution < -0.4 is 20.7 Å². The Balaban J connectivity index is 1.46. The maximum atomic E-state index is 12.8. The van der Waals surface area contributed by atoms with Gasteiger partial charge in [0.2, 0.25) is 5.91 Å². The molecule has 3 heterocycles. The molecular weight excluding hydrogens is 463 g/mol. The lowest BCUT2D eigenvalue weighted by molar-refractivity contribution is -0.274. The van der Waals surface area contributed by atoms with Crippen LogP contribution in [-0.2, 0) is 0 Å². The first kappa shape index (κ1) is 24.0. The van der Waals surface area contributed by atoms with Crippen LogP contribution in [0.3, 0.4) is 0 Å². The molecule has 11 heteroatoms. The van der Waals surface area contributed by atoms with Crippen molar-refractivity contribution in [1.29, 1.82) is 0 Å². The fraction of sp³-hybridized carbons (Fsp3) is 0.250. The highest BCUT2D eigenvalue weighted by molar-refractivity contribution is 6.04. The Labute approximate surface area is 198 Å². The molecule has 2 amide bonds. The van der Waals surface area contributed by atoms with E-state index < -0.39 is 23.9 Å². The monoisotopic (exact) mass is 485 g/mol. The van der Waals surface area contributed by atoms with Gasteiger partial charge < -0.3 is 20.7 Å². The number of aromatic nitrogens is 2. The van der Waals surface area contributed by atoms with E-state index in [-0.39, 0.29) is 11.7 Å². The van der Waals surface area contributed by atoms with Crippen LogP contribution in [0.2, 0.25) is 0 Å². The molecule has 0 radical (unpaired) electrons. The molecule has 4 rings (SSSR count). The van der Waals surface area contributed by atoms with Gasteiger partial charge in [-0.05, 0) is 54.8 Å². The van der Waals surface area contributed by atoms with Crippen LogP contribution in [0.1, 0.15) is 44.2 Å². The highest BCUT2D eigenvalue weighted by Gasteiger charge is 2.31. The van der Waals surface area contributed by atoms with Crippen LogP contribution in [0.5, 0.6) is 5.75 Å². The number of hydrogen-bond donors (Lipinski definition) is 2. The van der Waals surface area contributed by atoms with Gasteiger partial charge in [0.25, 0.3) is 5.91 Å². The standard InChI is InChI=1S/C24H22F3N5O3/c1-14-2-3-15(23(34)31-21-5-4-19(12-30-21)35-24(25,26)27)9-20(14)16-6-7-32(13-16)18-8-17(22(28)33)10-29-11-18/h2-5,8-12,16H,6-7,13H2,1H3,(H2,28,33)(H,30,31,34)/t16-/m1/s1. The molecule has 3 N–H and O–H groups in total. The number of pyridine rings is 2. The number of amides is 2. The minimum absolute atomic E-state index is 0.0977. The summed E-state index contributed by atoms with van der Waals surface area (Å²) in [6.45, 7) is 3.40. The zero-order chi connectivity index (χ0) is 25.2. The summed E-state index contributed by atoms with van der Waals surface area (Å²) in [6, 6.07) is 9.38. The number of benzene rings is 1. The smallest absolute Gasteiger partial charge is 0.404 e. The molecule has 1 aliphatic rings. The number of ether oxygens (including phenoxy) is 1. The van der Waals surface area contributed by atoms with Crippen LogP contribution in [0.15, 0.2) is 55.0 Å². The molecule has 35 heavy (non-hydrogen) atoms. The molecular formula is C24H22F3N5O3. The number of hydrogen-bond acceptors (Lipinski definition) is 6. The number of aryl methyl sites for hydroxylation is 1. The molecule has 0 unspecified atom stereocenters. The van der Waals surface area contributed by atoms with E-state index in [0.717, 1.165) is 42.0 Å². The number of carbonyl (C=O) groups is 2. The normalized spacial score (nSPS) is 15.7. The third-order valence-corrected chi connectivity index (χ3v) is 5.75. The number of primary amides is 1. The van der Waals surface area contributed by atoms with Gasteiger partial charge in [0.05, 0.1) is 23.6 Å². The molecule has 0 spiro atoms. The third kappa shape index (κ3) is 5.86. The quantitative estimate of drug-likeness (QED) is 0.546. The Hall–Kier alpha value is -4.15. The molecule has 2 aromatic heterocycles. The Morgan fingerprint density at radius 2 is 1.91 bits per heavy atom. The highest BCUT2D eigenvalue weighted by Crippen LogP contribution is 2.33. The second-order valence-corrected chi connectivity index (χ2v) is 8.18. The molecule has 1 aromatic carbocycles. The van der Waals surface area contributed by atoms with Gasteiger partial charge in [-0.1, -0.05) is 6.07 Å². The van der Waals surface area contributed by atoms with Gasteiger partial charge in [-0.3, -0.25) is 14.6 Å². The molecule has 1 fully saturated rings. The van der Waals surface area contributed by atoms with Gasteiger partial charge in [0.15, 0.2) is 0 Å². The zero-order valence-corrected chi connectivity index (χ0v) is 18.7. The third-order valence-electron chi connectivity index (χ3n) is 5.75. The van der Waals surface area contributed by atoms with Crippen LogP contribution in [0, 0.1) is 6.92 Å². The van der Waals surface area contributed by atoms with Crippen molar-refractivity contribution in [2.75, 3.05) is 23.3 Å². The average molecular weight is 485 g/mol. The van der Waals surface area contributed by atoms with E-state index in [2.05, 4.69) is 24.9 Å². The van der Waals surface area contributed by atoms with Crippen molar-refractivity contribution in [3.8, 4) is 5.75 Å². The Bertz CT molecular complexity index is 1250. The number of rotatable bonds is 6. The first-order chi connectivity index (χ1) is 16.6. The molecule has 0 aliphatic carbocycles. The molecule has 8 nitrogen and oxygen atoms in total. The molecule has 0 saturated carbocycles. The molecule has 0 bridgehead atoms. The maximum absolute atomic E-state index is 12.8. The second kappa shape index (κ2) is 9.61. The lowest BCUT2D eigenvalue weighted by Crippen LogP contribution is -2.21. The van der Waals surface area contributed by atoms with Gasteiger partial charge in [-0.25, -0.2) is 4.98 Å². The van der Waals surface area contributed by atoms with E-state index in [9.17, 15) is 22.8 Å². The number of nitrogens with two attached hydrogens (primary N) is 1. The summed E-state index contributed by atoms with van der Waals surface area (Å²) < 4.78 is 40.7. The predicted octanol–water partition coefficient (Wildman–Crippen LogP) is 4.03. The topological polar surface area (TPSA) is 110 Å². The number of nitrogens with one attached hydrogen (secondary N) is 1. The van der Waals surface area contributed by atoms with Crippen molar-refractivity contribution in [3.05, 3.63) is 77.2 Å². The average Bonchev–Trinajstić information content (AvgIpc) is 3.30. The molecule has 1 aliphatic heterocycles. The molecule has 3 aromatic rings. The van der Waals surface area contributed by atoms with Crippen molar-refractivity contribution in [2.24, 2.45) is 5.73 Å². The minimum atomic E-state index is -4.82. The van der Waals surface area contributed by atoms with Crippen molar-refractivity contribution < 1.29 is 27.5 Å². The van der Waals surface area contributed by atoms with Crippen molar-refractivity contribution in [1.82, 2.24) is 9.97 Å².